The van der Waals surface area contributed by atoms with Crippen molar-refractivity contribution in [1.82, 2.24) is 24.7 Å². The highest BCUT2D eigenvalue weighted by atomic mass is 19.3. The molecule has 0 unspecified atom stereocenters. The maximum Gasteiger partial charge on any atom is 0.333 e. The van der Waals surface area contributed by atoms with Gasteiger partial charge in [-0.2, -0.15) is 13.9 Å². The topological polar surface area (TPSA) is 120 Å². The molecule has 4 aromatic rings. The fraction of sp³-hybridized carbons (Fsp3) is 0.429. The molecule has 2 N–H and O–H groups in total. The Bertz CT molecular complexity index is 1540. The number of aromatic nitrogens is 4. The first-order chi connectivity index (χ1) is 19.0. The van der Waals surface area contributed by atoms with Gasteiger partial charge >= 0.3 is 6.55 Å². The monoisotopic (exact) mass is 555 g/mol. The van der Waals surface area contributed by atoms with Gasteiger partial charge in [0, 0.05) is 23.7 Å². The van der Waals surface area contributed by atoms with Crippen molar-refractivity contribution in [1.29, 1.82) is 0 Å². The third-order valence-corrected chi connectivity index (χ3v) is 6.87. The van der Waals surface area contributed by atoms with E-state index in [1.807, 2.05) is 19.1 Å². The predicted octanol–water partition coefficient (Wildman–Crippen LogP) is 4.41. The molecule has 40 heavy (non-hydrogen) atoms. The lowest BCUT2D eigenvalue weighted by Gasteiger charge is -2.36. The van der Waals surface area contributed by atoms with Gasteiger partial charge in [-0.25, -0.2) is 9.20 Å². The van der Waals surface area contributed by atoms with E-state index >= 15 is 0 Å². The summed E-state index contributed by atoms with van der Waals surface area (Å²) in [5, 5.41) is 21.3. The molecule has 1 aliphatic rings. The van der Waals surface area contributed by atoms with E-state index in [1.54, 1.807) is 36.7 Å². The summed E-state index contributed by atoms with van der Waals surface area (Å²) in [6.07, 6.45) is 4.55. The number of alkyl halides is 2. The minimum Gasteiger partial charge on any atom is -0.491 e. The molecule has 1 saturated carbocycles. The molecule has 1 aliphatic carbocycles. The summed E-state index contributed by atoms with van der Waals surface area (Å²) in [6.45, 7) is 2.01. The summed E-state index contributed by atoms with van der Waals surface area (Å²) in [5.74, 6) is 0.320. The van der Waals surface area contributed by atoms with Gasteiger partial charge in [-0.05, 0) is 70.2 Å². The van der Waals surface area contributed by atoms with Crippen LogP contribution in [0.3, 0.4) is 0 Å². The van der Waals surface area contributed by atoms with Crippen LogP contribution in [0, 0.1) is 5.92 Å². The number of amides is 1. The molecule has 1 fully saturated rings. The van der Waals surface area contributed by atoms with Gasteiger partial charge in [0.15, 0.2) is 12.0 Å². The van der Waals surface area contributed by atoms with Gasteiger partial charge in [0.25, 0.3) is 5.91 Å². The number of hydrogen-bond acceptors (Lipinski definition) is 7. The van der Waals surface area contributed by atoms with Crippen LogP contribution in [0.2, 0.25) is 0 Å². The Morgan fingerprint density at radius 2 is 2.00 bits per heavy atom. The van der Waals surface area contributed by atoms with Crippen LogP contribution in [0.1, 0.15) is 67.4 Å². The minimum absolute atomic E-state index is 0.0313. The van der Waals surface area contributed by atoms with E-state index in [2.05, 4.69) is 15.5 Å². The number of nitrogens with one attached hydrogen (secondary N) is 1. The van der Waals surface area contributed by atoms with E-state index in [1.165, 1.54) is 12.1 Å². The van der Waals surface area contributed by atoms with Crippen LogP contribution in [0.4, 0.5) is 8.78 Å². The zero-order valence-corrected chi connectivity index (χ0v) is 22.4. The first kappa shape index (κ1) is 27.5. The average Bonchev–Trinajstić information content (AvgIpc) is 3.43. The number of rotatable bonds is 11. The van der Waals surface area contributed by atoms with Gasteiger partial charge < -0.3 is 19.9 Å². The van der Waals surface area contributed by atoms with Gasteiger partial charge in [-0.15, -0.1) is 5.10 Å². The number of benzene rings is 1. The van der Waals surface area contributed by atoms with E-state index in [-0.39, 0.29) is 47.0 Å². The summed E-state index contributed by atoms with van der Waals surface area (Å²) in [4.78, 5) is 24.6. The summed E-state index contributed by atoms with van der Waals surface area (Å²) in [7, 11) is 0. The molecule has 1 amide bonds. The number of pyridine rings is 1. The van der Waals surface area contributed by atoms with Crippen LogP contribution in [0.5, 0.6) is 11.6 Å². The Morgan fingerprint density at radius 1 is 1.23 bits per heavy atom. The molecule has 3 heterocycles. The molecule has 1 atom stereocenters. The number of aliphatic hydroxyl groups is 1. The number of fused-ring (bicyclic) bond motifs is 2. The van der Waals surface area contributed by atoms with Crippen LogP contribution < -0.4 is 14.8 Å². The Labute approximate surface area is 228 Å². The molecular formula is C28H31F2N5O5. The van der Waals surface area contributed by atoms with Crippen molar-refractivity contribution in [2.24, 2.45) is 5.92 Å². The molecule has 3 aromatic heterocycles. The van der Waals surface area contributed by atoms with Crippen molar-refractivity contribution in [3.05, 3.63) is 53.9 Å². The lowest BCUT2D eigenvalue weighted by Crippen LogP contribution is -2.40. The number of hydrogen-bond donors (Lipinski definition) is 2. The summed E-state index contributed by atoms with van der Waals surface area (Å²) in [5.41, 5.74) is -0.0468. The van der Waals surface area contributed by atoms with Gasteiger partial charge in [0.2, 0.25) is 5.88 Å². The first-order valence-electron chi connectivity index (χ1n) is 13.1. The molecule has 5 rings (SSSR count). The smallest absolute Gasteiger partial charge is 0.333 e. The zero-order valence-electron chi connectivity index (χ0n) is 22.4. The molecule has 0 spiro atoms. The fourth-order valence-electron chi connectivity index (χ4n) is 4.95. The molecule has 0 aliphatic heterocycles. The number of carbonyl (C=O) groups is 2. The van der Waals surface area contributed by atoms with E-state index < -0.39 is 18.1 Å². The summed E-state index contributed by atoms with van der Waals surface area (Å²) in [6, 6.07) is 9.67. The second kappa shape index (κ2) is 10.8. The Kier molecular flexibility index (Phi) is 7.45. The lowest BCUT2D eigenvalue weighted by atomic mass is 9.78. The highest BCUT2D eigenvalue weighted by molar-refractivity contribution is 6.05. The van der Waals surface area contributed by atoms with Crippen molar-refractivity contribution in [2.75, 3.05) is 6.61 Å². The highest BCUT2D eigenvalue weighted by Crippen LogP contribution is 2.36. The minimum atomic E-state index is -2.95. The quantitative estimate of drug-likeness (QED) is 0.263. The predicted molar refractivity (Wildman–Crippen MR) is 142 cm³/mol. The fourth-order valence-corrected chi connectivity index (χ4v) is 4.95. The Hall–Kier alpha value is -4.06. The lowest BCUT2D eigenvalue weighted by molar-refractivity contribution is 0.0284. The second-order valence-corrected chi connectivity index (χ2v) is 10.9. The second-order valence-electron chi connectivity index (χ2n) is 10.9. The van der Waals surface area contributed by atoms with Gasteiger partial charge in [-0.3, -0.25) is 9.59 Å². The molecule has 1 aromatic carbocycles. The maximum atomic E-state index is 13.7. The number of nitrogens with zero attached hydrogens (tertiary/aromatic N) is 4. The molecule has 0 bridgehead atoms. The number of aldehydes is 1. The van der Waals surface area contributed by atoms with Crippen molar-refractivity contribution < 1.29 is 33.0 Å². The number of carbonyl (C=O) groups excluding carboxylic acids is 2. The van der Waals surface area contributed by atoms with Gasteiger partial charge in [0.05, 0.1) is 16.6 Å². The normalized spacial score (nSPS) is 18.1. The molecular weight excluding hydrogens is 524 g/mol. The molecule has 0 radical (unpaired) electrons. The molecule has 0 saturated heterocycles. The highest BCUT2D eigenvalue weighted by Gasteiger charge is 2.34. The zero-order chi connectivity index (χ0) is 28.6. The third kappa shape index (κ3) is 5.76. The maximum absolute atomic E-state index is 13.7. The van der Waals surface area contributed by atoms with Crippen molar-refractivity contribution >= 4 is 28.6 Å². The van der Waals surface area contributed by atoms with Crippen molar-refractivity contribution in [3.8, 4) is 11.6 Å². The largest absolute Gasteiger partial charge is 0.491 e. The average molecular weight is 556 g/mol. The van der Waals surface area contributed by atoms with E-state index in [0.717, 1.165) is 19.1 Å². The summed E-state index contributed by atoms with van der Waals surface area (Å²) < 4.78 is 41.0. The Balaban J connectivity index is 1.19. The first-order valence-corrected chi connectivity index (χ1v) is 13.1. The van der Waals surface area contributed by atoms with Gasteiger partial charge in [0.1, 0.15) is 24.0 Å². The van der Waals surface area contributed by atoms with Crippen LogP contribution in [-0.4, -0.2) is 61.0 Å². The number of halogens is 2. The number of ether oxygens (including phenoxy) is 2. The van der Waals surface area contributed by atoms with Crippen LogP contribution in [0.25, 0.3) is 16.4 Å². The van der Waals surface area contributed by atoms with Crippen LogP contribution >= 0.6 is 0 Å². The van der Waals surface area contributed by atoms with E-state index in [4.69, 9.17) is 9.47 Å². The van der Waals surface area contributed by atoms with E-state index in [9.17, 15) is 23.5 Å². The van der Waals surface area contributed by atoms with Crippen molar-refractivity contribution in [3.63, 3.8) is 0 Å². The van der Waals surface area contributed by atoms with Crippen LogP contribution in [0.15, 0.2) is 42.6 Å². The van der Waals surface area contributed by atoms with E-state index in [0.29, 0.717) is 28.1 Å². The standard InChI is InChI=1S/C28H31F2N5O5/c1-16(10-17-11-19(12-17)40-26-21(14-36)22-6-4-5-9-34(22)33-26)31-25(37)24-20-8-7-18(39-15-28(2,3)38)13-23(20)35(32-24)27(29)30/h4-9,13-14,16-17,19,27,38H,10-12,15H2,1-3H3,(H,31,37)/t16-,17?,19?/m0/s1. The molecule has 12 heteroatoms. The van der Waals surface area contributed by atoms with Crippen LogP contribution in [-0.2, 0) is 0 Å². The Morgan fingerprint density at radius 3 is 2.70 bits per heavy atom. The van der Waals surface area contributed by atoms with Crippen molar-refractivity contribution in [2.45, 2.75) is 64.3 Å². The SMILES string of the molecule is C[C@@H](CC1CC(Oc2nn3ccccc3c2C=O)C1)NC(=O)c1nn(C(F)F)c2cc(OCC(C)(C)O)ccc12. The summed E-state index contributed by atoms with van der Waals surface area (Å²) >= 11 is 0. The molecule has 10 nitrogen and oxygen atoms in total. The third-order valence-electron chi connectivity index (χ3n) is 6.87. The van der Waals surface area contributed by atoms with Gasteiger partial charge in [-0.1, -0.05) is 6.07 Å². The molecule has 212 valence electrons.